The molecule has 1 aromatic rings. The average molecular weight is 220 g/mol. The maximum absolute atomic E-state index is 9.85. The Morgan fingerprint density at radius 1 is 1.44 bits per heavy atom. The van der Waals surface area contributed by atoms with Crippen molar-refractivity contribution in [2.75, 3.05) is 12.2 Å². The Bertz CT molecular complexity index is 356. The second-order valence-corrected chi connectivity index (χ2v) is 3.48. The molecule has 0 saturated carbocycles. The van der Waals surface area contributed by atoms with Gasteiger partial charge in [0.05, 0.1) is 18.9 Å². The van der Waals surface area contributed by atoms with Crippen LogP contribution in [0, 0.1) is 11.3 Å². The third kappa shape index (κ3) is 2.88. The minimum absolute atomic E-state index is 0.501. The second-order valence-electron chi connectivity index (χ2n) is 3.48. The molecule has 0 radical (unpaired) electrons. The lowest BCUT2D eigenvalue weighted by atomic mass is 10.1. The zero-order chi connectivity index (χ0) is 12.0. The highest BCUT2D eigenvalue weighted by Crippen LogP contribution is 2.20. The molecule has 1 atom stereocenters. The van der Waals surface area contributed by atoms with Gasteiger partial charge in [0.2, 0.25) is 0 Å². The average Bonchev–Trinajstić information content (AvgIpc) is 2.35. The standard InChI is InChI=1S/C12H16N2O2/c1-3-4-11(9-13)14(15)10-5-7-12(16-2)8-6-10/h5-8,11,15H,3-4H2,1-2H3. The number of ether oxygens (including phenoxy) is 1. The Labute approximate surface area is 95.6 Å². The maximum atomic E-state index is 9.85. The molecule has 0 heterocycles. The van der Waals surface area contributed by atoms with Gasteiger partial charge in [0, 0.05) is 0 Å². The Morgan fingerprint density at radius 3 is 2.50 bits per heavy atom. The van der Waals surface area contributed by atoms with E-state index in [-0.39, 0.29) is 0 Å². The van der Waals surface area contributed by atoms with E-state index in [4.69, 9.17) is 10.00 Å². The molecule has 0 fully saturated rings. The predicted octanol–water partition coefficient (Wildman–Crippen LogP) is 2.58. The number of anilines is 1. The molecule has 0 aliphatic rings. The molecule has 4 heteroatoms. The van der Waals surface area contributed by atoms with Crippen molar-refractivity contribution < 1.29 is 9.94 Å². The van der Waals surface area contributed by atoms with Gasteiger partial charge in [-0.3, -0.25) is 5.21 Å². The fraction of sp³-hybridized carbons (Fsp3) is 0.417. The number of hydrogen-bond acceptors (Lipinski definition) is 4. The minimum Gasteiger partial charge on any atom is -0.497 e. The number of nitriles is 1. The van der Waals surface area contributed by atoms with Crippen molar-refractivity contribution in [1.82, 2.24) is 0 Å². The fourth-order valence-corrected chi connectivity index (χ4v) is 1.43. The Morgan fingerprint density at radius 2 is 2.06 bits per heavy atom. The van der Waals surface area contributed by atoms with Crippen LogP contribution in [0.2, 0.25) is 0 Å². The van der Waals surface area contributed by atoms with E-state index in [0.717, 1.165) is 17.2 Å². The van der Waals surface area contributed by atoms with E-state index in [1.807, 2.05) is 6.92 Å². The molecule has 16 heavy (non-hydrogen) atoms. The summed E-state index contributed by atoms with van der Waals surface area (Å²) in [4.78, 5) is 0. The summed E-state index contributed by atoms with van der Waals surface area (Å²) < 4.78 is 5.02. The zero-order valence-electron chi connectivity index (χ0n) is 9.55. The van der Waals surface area contributed by atoms with Gasteiger partial charge in [0.25, 0.3) is 0 Å². The molecule has 0 aliphatic heterocycles. The normalized spacial score (nSPS) is 11.6. The molecule has 0 bridgehead atoms. The highest BCUT2D eigenvalue weighted by Gasteiger charge is 2.15. The van der Waals surface area contributed by atoms with E-state index in [1.165, 1.54) is 0 Å². The van der Waals surface area contributed by atoms with Crippen LogP contribution >= 0.6 is 0 Å². The molecule has 4 nitrogen and oxygen atoms in total. The molecule has 0 saturated heterocycles. The van der Waals surface area contributed by atoms with Crippen LogP contribution in [0.4, 0.5) is 5.69 Å². The van der Waals surface area contributed by atoms with E-state index in [1.54, 1.807) is 31.4 Å². The van der Waals surface area contributed by atoms with Crippen molar-refractivity contribution in [3.8, 4) is 11.8 Å². The van der Waals surface area contributed by atoms with E-state index in [0.29, 0.717) is 12.1 Å². The van der Waals surface area contributed by atoms with Crippen LogP contribution in [-0.4, -0.2) is 18.4 Å². The van der Waals surface area contributed by atoms with Gasteiger partial charge >= 0.3 is 0 Å². The van der Waals surface area contributed by atoms with Crippen LogP contribution in [0.3, 0.4) is 0 Å². The molecule has 1 aromatic carbocycles. The summed E-state index contributed by atoms with van der Waals surface area (Å²) in [5.74, 6) is 0.723. The van der Waals surface area contributed by atoms with Crippen molar-refractivity contribution in [1.29, 1.82) is 5.26 Å². The summed E-state index contributed by atoms with van der Waals surface area (Å²) in [7, 11) is 1.58. The SMILES string of the molecule is CCCC(C#N)N(O)c1ccc(OC)cc1. The van der Waals surface area contributed by atoms with Crippen LogP contribution < -0.4 is 9.80 Å². The van der Waals surface area contributed by atoms with Gasteiger partial charge in [-0.2, -0.15) is 5.26 Å². The first-order chi connectivity index (χ1) is 7.72. The summed E-state index contributed by atoms with van der Waals surface area (Å²) in [5.41, 5.74) is 0.598. The first-order valence-corrected chi connectivity index (χ1v) is 5.24. The molecule has 0 aromatic heterocycles. The second kappa shape index (κ2) is 5.99. The monoisotopic (exact) mass is 220 g/mol. The first-order valence-electron chi connectivity index (χ1n) is 5.24. The largest absolute Gasteiger partial charge is 0.497 e. The number of methoxy groups -OCH3 is 1. The van der Waals surface area contributed by atoms with Crippen molar-refractivity contribution >= 4 is 5.69 Å². The molecule has 0 spiro atoms. The van der Waals surface area contributed by atoms with Crippen LogP contribution in [-0.2, 0) is 0 Å². The number of benzene rings is 1. The lowest BCUT2D eigenvalue weighted by molar-refractivity contribution is 0.230. The lowest BCUT2D eigenvalue weighted by Gasteiger charge is -2.21. The topological polar surface area (TPSA) is 56.5 Å². The van der Waals surface area contributed by atoms with Crippen molar-refractivity contribution in [3.63, 3.8) is 0 Å². The molecular weight excluding hydrogens is 204 g/mol. The number of nitrogens with zero attached hydrogens (tertiary/aromatic N) is 2. The summed E-state index contributed by atoms with van der Waals surface area (Å²) in [6.45, 7) is 1.98. The molecular formula is C12H16N2O2. The zero-order valence-corrected chi connectivity index (χ0v) is 9.55. The Kier molecular flexibility index (Phi) is 4.62. The number of hydrogen-bond donors (Lipinski definition) is 1. The van der Waals surface area contributed by atoms with Crippen LogP contribution in [0.5, 0.6) is 5.75 Å². The third-order valence-electron chi connectivity index (χ3n) is 2.34. The third-order valence-corrected chi connectivity index (χ3v) is 2.34. The van der Waals surface area contributed by atoms with E-state index in [2.05, 4.69) is 6.07 Å². The van der Waals surface area contributed by atoms with Crippen molar-refractivity contribution in [2.45, 2.75) is 25.8 Å². The maximum Gasteiger partial charge on any atom is 0.142 e. The summed E-state index contributed by atoms with van der Waals surface area (Å²) in [6, 6.07) is 8.51. The quantitative estimate of drug-likeness (QED) is 0.775. The number of rotatable bonds is 5. The molecule has 0 amide bonds. The van der Waals surface area contributed by atoms with Gasteiger partial charge in [-0.05, 0) is 30.7 Å². The van der Waals surface area contributed by atoms with Crippen LogP contribution in [0.15, 0.2) is 24.3 Å². The van der Waals surface area contributed by atoms with Gasteiger partial charge in [-0.1, -0.05) is 13.3 Å². The highest BCUT2D eigenvalue weighted by atomic mass is 16.5. The lowest BCUT2D eigenvalue weighted by Crippen LogP contribution is -2.30. The van der Waals surface area contributed by atoms with Gasteiger partial charge < -0.3 is 4.74 Å². The number of hydroxylamine groups is 1. The summed E-state index contributed by atoms with van der Waals surface area (Å²) in [6.07, 6.45) is 1.49. The smallest absolute Gasteiger partial charge is 0.142 e. The molecule has 1 N–H and O–H groups in total. The fourth-order valence-electron chi connectivity index (χ4n) is 1.43. The molecule has 0 aliphatic carbocycles. The Hall–Kier alpha value is -1.73. The van der Waals surface area contributed by atoms with Crippen molar-refractivity contribution in [3.05, 3.63) is 24.3 Å². The summed E-state index contributed by atoms with van der Waals surface area (Å²) in [5, 5.41) is 19.8. The predicted molar refractivity (Wildman–Crippen MR) is 61.6 cm³/mol. The first kappa shape index (κ1) is 12.3. The van der Waals surface area contributed by atoms with E-state index < -0.39 is 6.04 Å². The van der Waals surface area contributed by atoms with Gasteiger partial charge in [0.15, 0.2) is 0 Å². The van der Waals surface area contributed by atoms with E-state index in [9.17, 15) is 5.21 Å². The van der Waals surface area contributed by atoms with E-state index >= 15 is 0 Å². The molecule has 86 valence electrons. The van der Waals surface area contributed by atoms with Crippen LogP contribution in [0.25, 0.3) is 0 Å². The molecule has 1 rings (SSSR count). The van der Waals surface area contributed by atoms with Gasteiger partial charge in [0.1, 0.15) is 11.8 Å². The van der Waals surface area contributed by atoms with Gasteiger partial charge in [-0.25, -0.2) is 5.06 Å². The Balaban J connectivity index is 2.78. The van der Waals surface area contributed by atoms with Gasteiger partial charge in [-0.15, -0.1) is 0 Å². The molecule has 1 unspecified atom stereocenters. The minimum atomic E-state index is -0.501. The van der Waals surface area contributed by atoms with Crippen LogP contribution in [0.1, 0.15) is 19.8 Å². The summed E-state index contributed by atoms with van der Waals surface area (Å²) >= 11 is 0. The van der Waals surface area contributed by atoms with Crippen molar-refractivity contribution in [2.24, 2.45) is 0 Å². The highest BCUT2D eigenvalue weighted by molar-refractivity contribution is 5.48.